The molecule has 0 aromatic carbocycles. The SMILES string of the molecule is CCc1nc(CC)n(-c2nc(OC)ccc2N)n1. The molecule has 0 aliphatic carbocycles. The summed E-state index contributed by atoms with van der Waals surface area (Å²) >= 11 is 0. The van der Waals surface area contributed by atoms with E-state index in [0.29, 0.717) is 17.4 Å². The van der Waals surface area contributed by atoms with Crippen LogP contribution in [0.3, 0.4) is 0 Å². The third-order valence-corrected chi connectivity index (χ3v) is 2.64. The molecule has 6 nitrogen and oxygen atoms in total. The molecular formula is C12H17N5O. The average molecular weight is 247 g/mol. The molecule has 0 atom stereocenters. The number of nitrogens with two attached hydrogens (primary N) is 1. The van der Waals surface area contributed by atoms with E-state index < -0.39 is 0 Å². The fraction of sp³-hybridized carbons (Fsp3) is 0.417. The second-order valence-electron chi connectivity index (χ2n) is 3.83. The van der Waals surface area contributed by atoms with Crippen molar-refractivity contribution in [1.29, 1.82) is 0 Å². The second kappa shape index (κ2) is 5.03. The van der Waals surface area contributed by atoms with Crippen LogP contribution in [0.2, 0.25) is 0 Å². The lowest BCUT2D eigenvalue weighted by molar-refractivity contribution is 0.397. The van der Waals surface area contributed by atoms with Crippen molar-refractivity contribution in [3.63, 3.8) is 0 Å². The second-order valence-corrected chi connectivity index (χ2v) is 3.83. The molecule has 0 radical (unpaired) electrons. The van der Waals surface area contributed by atoms with Gasteiger partial charge in [0.15, 0.2) is 11.6 Å². The number of anilines is 1. The zero-order valence-corrected chi connectivity index (χ0v) is 10.8. The zero-order valence-electron chi connectivity index (χ0n) is 10.8. The molecule has 0 saturated heterocycles. The Morgan fingerprint density at radius 2 is 2.00 bits per heavy atom. The third kappa shape index (κ3) is 2.13. The van der Waals surface area contributed by atoms with E-state index in [1.807, 2.05) is 13.8 Å². The Bertz CT molecular complexity index is 549. The van der Waals surface area contributed by atoms with E-state index in [0.717, 1.165) is 24.5 Å². The number of pyridine rings is 1. The van der Waals surface area contributed by atoms with Gasteiger partial charge < -0.3 is 10.5 Å². The van der Waals surface area contributed by atoms with Crippen molar-refractivity contribution in [3.05, 3.63) is 23.8 Å². The molecular weight excluding hydrogens is 230 g/mol. The van der Waals surface area contributed by atoms with Gasteiger partial charge in [-0.25, -0.2) is 4.98 Å². The van der Waals surface area contributed by atoms with E-state index >= 15 is 0 Å². The van der Waals surface area contributed by atoms with Gasteiger partial charge in [0, 0.05) is 18.9 Å². The molecule has 2 aromatic rings. The van der Waals surface area contributed by atoms with Crippen LogP contribution in [0.5, 0.6) is 5.88 Å². The lowest BCUT2D eigenvalue weighted by Crippen LogP contribution is -2.08. The van der Waals surface area contributed by atoms with Crippen molar-refractivity contribution in [3.8, 4) is 11.7 Å². The molecule has 96 valence electrons. The van der Waals surface area contributed by atoms with Crippen molar-refractivity contribution in [2.75, 3.05) is 12.8 Å². The number of hydrogen-bond donors (Lipinski definition) is 1. The van der Waals surface area contributed by atoms with Crippen LogP contribution in [-0.4, -0.2) is 26.9 Å². The van der Waals surface area contributed by atoms with Crippen molar-refractivity contribution >= 4 is 5.69 Å². The molecule has 0 fully saturated rings. The van der Waals surface area contributed by atoms with E-state index in [9.17, 15) is 0 Å². The largest absolute Gasteiger partial charge is 0.481 e. The first kappa shape index (κ1) is 12.3. The van der Waals surface area contributed by atoms with Crippen LogP contribution in [0.25, 0.3) is 5.82 Å². The Balaban J connectivity index is 2.56. The summed E-state index contributed by atoms with van der Waals surface area (Å²) in [6.45, 7) is 4.04. The fourth-order valence-corrected chi connectivity index (χ4v) is 1.67. The van der Waals surface area contributed by atoms with Gasteiger partial charge in [0.25, 0.3) is 0 Å². The highest BCUT2D eigenvalue weighted by molar-refractivity contribution is 5.54. The van der Waals surface area contributed by atoms with Gasteiger partial charge in [-0.2, -0.15) is 9.67 Å². The predicted molar refractivity (Wildman–Crippen MR) is 68.9 cm³/mol. The molecule has 2 N–H and O–H groups in total. The first-order valence-electron chi connectivity index (χ1n) is 5.95. The molecule has 2 rings (SSSR count). The highest BCUT2D eigenvalue weighted by Gasteiger charge is 2.13. The maximum absolute atomic E-state index is 5.94. The molecule has 0 spiro atoms. The maximum atomic E-state index is 5.94. The van der Waals surface area contributed by atoms with E-state index in [2.05, 4.69) is 15.1 Å². The minimum atomic E-state index is 0.509. The Labute approximate surface area is 106 Å². The van der Waals surface area contributed by atoms with Crippen LogP contribution in [0.1, 0.15) is 25.5 Å². The Kier molecular flexibility index (Phi) is 3.45. The summed E-state index contributed by atoms with van der Waals surface area (Å²) in [4.78, 5) is 8.77. The molecule has 18 heavy (non-hydrogen) atoms. The summed E-state index contributed by atoms with van der Waals surface area (Å²) in [5.41, 5.74) is 6.50. The highest BCUT2D eigenvalue weighted by Crippen LogP contribution is 2.19. The zero-order chi connectivity index (χ0) is 13.1. The number of rotatable bonds is 4. The van der Waals surface area contributed by atoms with Crippen molar-refractivity contribution in [2.45, 2.75) is 26.7 Å². The Morgan fingerprint density at radius 1 is 1.22 bits per heavy atom. The Hall–Kier alpha value is -2.11. The molecule has 0 bridgehead atoms. The molecule has 2 aromatic heterocycles. The summed E-state index contributed by atoms with van der Waals surface area (Å²) in [6.07, 6.45) is 1.55. The van der Waals surface area contributed by atoms with Gasteiger partial charge in [0.05, 0.1) is 12.8 Å². The minimum Gasteiger partial charge on any atom is -0.481 e. The quantitative estimate of drug-likeness (QED) is 0.883. The number of ether oxygens (including phenoxy) is 1. The number of nitrogen functional groups attached to an aromatic ring is 1. The maximum Gasteiger partial charge on any atom is 0.215 e. The van der Waals surface area contributed by atoms with Crippen LogP contribution in [0.15, 0.2) is 12.1 Å². The smallest absolute Gasteiger partial charge is 0.215 e. The standard InChI is InChI=1S/C12H17N5O/c1-4-9-14-10(5-2)17(16-9)12-8(13)6-7-11(15-12)18-3/h6-7H,4-5,13H2,1-3H3. The van der Waals surface area contributed by atoms with Gasteiger partial charge in [-0.3, -0.25) is 0 Å². The molecule has 6 heteroatoms. The summed E-state index contributed by atoms with van der Waals surface area (Å²) < 4.78 is 6.80. The van der Waals surface area contributed by atoms with Crippen LogP contribution in [-0.2, 0) is 12.8 Å². The van der Waals surface area contributed by atoms with E-state index in [1.165, 1.54) is 0 Å². The van der Waals surface area contributed by atoms with E-state index in [1.54, 1.807) is 23.9 Å². The van der Waals surface area contributed by atoms with Crippen LogP contribution >= 0.6 is 0 Å². The normalized spacial score (nSPS) is 10.6. The number of methoxy groups -OCH3 is 1. The highest BCUT2D eigenvalue weighted by atomic mass is 16.5. The average Bonchev–Trinajstić information content (AvgIpc) is 2.82. The molecule has 0 saturated carbocycles. The lowest BCUT2D eigenvalue weighted by Gasteiger charge is -2.08. The van der Waals surface area contributed by atoms with Crippen LogP contribution < -0.4 is 10.5 Å². The fourth-order valence-electron chi connectivity index (χ4n) is 1.67. The predicted octanol–water partition coefficient (Wildman–Crippen LogP) is 1.38. The van der Waals surface area contributed by atoms with Crippen molar-refractivity contribution in [2.24, 2.45) is 0 Å². The molecule has 0 aliphatic rings. The van der Waals surface area contributed by atoms with Gasteiger partial charge in [0.1, 0.15) is 5.82 Å². The van der Waals surface area contributed by atoms with Gasteiger partial charge in [-0.1, -0.05) is 13.8 Å². The van der Waals surface area contributed by atoms with E-state index in [4.69, 9.17) is 10.5 Å². The van der Waals surface area contributed by atoms with Crippen LogP contribution in [0, 0.1) is 0 Å². The van der Waals surface area contributed by atoms with Gasteiger partial charge in [-0.15, -0.1) is 5.10 Å². The number of aryl methyl sites for hydroxylation is 2. The summed E-state index contributed by atoms with van der Waals surface area (Å²) in [7, 11) is 1.57. The number of hydrogen-bond acceptors (Lipinski definition) is 5. The Morgan fingerprint density at radius 3 is 2.61 bits per heavy atom. The minimum absolute atomic E-state index is 0.509. The van der Waals surface area contributed by atoms with Gasteiger partial charge in [-0.05, 0) is 6.07 Å². The van der Waals surface area contributed by atoms with Crippen molar-refractivity contribution in [1.82, 2.24) is 19.7 Å². The molecule has 0 aliphatic heterocycles. The summed E-state index contributed by atoms with van der Waals surface area (Å²) in [5.74, 6) is 2.71. The van der Waals surface area contributed by atoms with Gasteiger partial charge >= 0.3 is 0 Å². The molecule has 0 unspecified atom stereocenters. The van der Waals surface area contributed by atoms with Crippen LogP contribution in [0.4, 0.5) is 5.69 Å². The third-order valence-electron chi connectivity index (χ3n) is 2.64. The first-order valence-corrected chi connectivity index (χ1v) is 5.95. The molecule has 2 heterocycles. The topological polar surface area (TPSA) is 78.8 Å². The van der Waals surface area contributed by atoms with Gasteiger partial charge in [0.2, 0.25) is 5.88 Å². The number of aromatic nitrogens is 4. The summed E-state index contributed by atoms with van der Waals surface area (Å²) in [5, 5.41) is 4.41. The summed E-state index contributed by atoms with van der Waals surface area (Å²) in [6, 6.07) is 3.48. The van der Waals surface area contributed by atoms with Crippen molar-refractivity contribution < 1.29 is 4.74 Å². The monoisotopic (exact) mass is 247 g/mol. The number of nitrogens with zero attached hydrogens (tertiary/aromatic N) is 4. The van der Waals surface area contributed by atoms with E-state index in [-0.39, 0.29) is 0 Å². The molecule has 0 amide bonds. The lowest BCUT2D eigenvalue weighted by atomic mass is 10.3. The first-order chi connectivity index (χ1) is 8.69.